The van der Waals surface area contributed by atoms with Crippen molar-refractivity contribution < 1.29 is 0 Å². The molecule has 0 amide bonds. The third kappa shape index (κ3) is 1.32. The second kappa shape index (κ2) is 2.72. The molecule has 3 nitrogen and oxygen atoms in total. The van der Waals surface area contributed by atoms with E-state index in [4.69, 9.17) is 0 Å². The van der Waals surface area contributed by atoms with Gasteiger partial charge in [0.2, 0.25) is 0 Å². The lowest BCUT2D eigenvalue weighted by molar-refractivity contribution is 0.290. The molecule has 2 aliphatic rings. The SMILES string of the molecule is C1=NN=NC2(C1)CCCCC2. The Morgan fingerprint density at radius 2 is 1.91 bits per heavy atom. The first-order chi connectivity index (χ1) is 5.41. The molecule has 1 aliphatic heterocycles. The highest BCUT2D eigenvalue weighted by Gasteiger charge is 2.32. The fourth-order valence-corrected chi connectivity index (χ4v) is 1.92. The maximum absolute atomic E-state index is 4.25. The van der Waals surface area contributed by atoms with Gasteiger partial charge in [0.15, 0.2) is 0 Å². The van der Waals surface area contributed by atoms with Gasteiger partial charge in [-0.1, -0.05) is 19.3 Å². The number of nitrogens with zero attached hydrogens (tertiary/aromatic N) is 3. The molecule has 60 valence electrons. The summed E-state index contributed by atoms with van der Waals surface area (Å²) in [6, 6.07) is 0. The van der Waals surface area contributed by atoms with Crippen LogP contribution in [0.2, 0.25) is 0 Å². The molecule has 0 radical (unpaired) electrons. The van der Waals surface area contributed by atoms with Gasteiger partial charge >= 0.3 is 0 Å². The standard InChI is InChI=1S/C8H13N3/c1-2-4-8(5-3-1)6-7-9-11-10-8/h7H,1-6H2. The molecule has 0 aromatic heterocycles. The van der Waals surface area contributed by atoms with E-state index in [-0.39, 0.29) is 5.54 Å². The maximum Gasteiger partial charge on any atom is 0.0888 e. The lowest BCUT2D eigenvalue weighted by Crippen LogP contribution is -2.30. The number of hydrogen-bond acceptors (Lipinski definition) is 3. The fraction of sp³-hybridized carbons (Fsp3) is 0.875. The van der Waals surface area contributed by atoms with E-state index in [2.05, 4.69) is 15.4 Å². The molecular weight excluding hydrogens is 138 g/mol. The summed E-state index contributed by atoms with van der Waals surface area (Å²) in [5, 5.41) is 11.8. The summed E-state index contributed by atoms with van der Waals surface area (Å²) in [4.78, 5) is 0. The van der Waals surface area contributed by atoms with Crippen molar-refractivity contribution in [2.75, 3.05) is 0 Å². The minimum atomic E-state index is 0.167. The van der Waals surface area contributed by atoms with E-state index in [9.17, 15) is 0 Å². The Kier molecular flexibility index (Phi) is 1.72. The van der Waals surface area contributed by atoms with Crippen LogP contribution in [0.1, 0.15) is 38.5 Å². The number of hydrogen-bond donors (Lipinski definition) is 0. The van der Waals surface area contributed by atoms with Crippen LogP contribution in [0.15, 0.2) is 15.4 Å². The highest BCUT2D eigenvalue weighted by molar-refractivity contribution is 5.59. The van der Waals surface area contributed by atoms with Gasteiger partial charge in [-0.15, -0.1) is 5.10 Å². The van der Waals surface area contributed by atoms with Gasteiger partial charge in [0.05, 0.1) is 5.54 Å². The van der Waals surface area contributed by atoms with E-state index in [1.807, 2.05) is 6.21 Å². The lowest BCUT2D eigenvalue weighted by atomic mass is 9.80. The van der Waals surface area contributed by atoms with Gasteiger partial charge in [-0.25, -0.2) is 0 Å². The van der Waals surface area contributed by atoms with E-state index in [0.717, 1.165) is 6.42 Å². The normalized spacial score (nSPS) is 27.6. The smallest absolute Gasteiger partial charge is 0.0888 e. The van der Waals surface area contributed by atoms with Crippen LogP contribution in [0.25, 0.3) is 0 Å². The van der Waals surface area contributed by atoms with Gasteiger partial charge in [-0.05, 0) is 18.1 Å². The third-order valence-electron chi connectivity index (χ3n) is 2.65. The third-order valence-corrected chi connectivity index (χ3v) is 2.65. The second-order valence-corrected chi connectivity index (χ2v) is 3.48. The first-order valence-electron chi connectivity index (χ1n) is 4.35. The molecule has 3 heteroatoms. The van der Waals surface area contributed by atoms with Crippen LogP contribution in [0, 0.1) is 0 Å². The largest absolute Gasteiger partial charge is 0.162 e. The Balaban J connectivity index is 2.08. The summed E-state index contributed by atoms with van der Waals surface area (Å²) in [7, 11) is 0. The predicted octanol–water partition coefficient (Wildman–Crippen LogP) is 2.53. The first kappa shape index (κ1) is 6.95. The van der Waals surface area contributed by atoms with E-state index >= 15 is 0 Å². The molecule has 1 fully saturated rings. The van der Waals surface area contributed by atoms with Crippen molar-refractivity contribution in [2.24, 2.45) is 15.4 Å². The summed E-state index contributed by atoms with van der Waals surface area (Å²) in [6.45, 7) is 0. The van der Waals surface area contributed by atoms with E-state index < -0.39 is 0 Å². The highest BCUT2D eigenvalue weighted by atomic mass is 15.4. The van der Waals surface area contributed by atoms with Crippen molar-refractivity contribution in [2.45, 2.75) is 44.1 Å². The Morgan fingerprint density at radius 1 is 1.09 bits per heavy atom. The first-order valence-corrected chi connectivity index (χ1v) is 4.35. The van der Waals surface area contributed by atoms with Gasteiger partial charge in [0, 0.05) is 12.6 Å². The van der Waals surface area contributed by atoms with Crippen LogP contribution >= 0.6 is 0 Å². The van der Waals surface area contributed by atoms with Crippen molar-refractivity contribution in [3.05, 3.63) is 0 Å². The Labute approximate surface area is 66.6 Å². The van der Waals surface area contributed by atoms with E-state index in [0.29, 0.717) is 0 Å². The summed E-state index contributed by atoms with van der Waals surface area (Å²) < 4.78 is 0. The van der Waals surface area contributed by atoms with Crippen LogP contribution in [-0.4, -0.2) is 11.8 Å². The van der Waals surface area contributed by atoms with Crippen LogP contribution in [0.3, 0.4) is 0 Å². The molecule has 11 heavy (non-hydrogen) atoms. The molecule has 0 aromatic rings. The van der Waals surface area contributed by atoms with Gasteiger partial charge in [0.25, 0.3) is 0 Å². The minimum Gasteiger partial charge on any atom is -0.162 e. The van der Waals surface area contributed by atoms with Crippen molar-refractivity contribution in [1.29, 1.82) is 0 Å². The van der Waals surface area contributed by atoms with Crippen LogP contribution in [0.5, 0.6) is 0 Å². The average molecular weight is 151 g/mol. The molecule has 1 saturated carbocycles. The Hall–Kier alpha value is -0.730. The Bertz CT molecular complexity index is 190. The van der Waals surface area contributed by atoms with Crippen LogP contribution in [-0.2, 0) is 0 Å². The van der Waals surface area contributed by atoms with Gasteiger partial charge in [-0.3, -0.25) is 0 Å². The van der Waals surface area contributed by atoms with E-state index in [1.165, 1.54) is 32.1 Å². The topological polar surface area (TPSA) is 37.1 Å². The van der Waals surface area contributed by atoms with Gasteiger partial charge in [-0.2, -0.15) is 5.11 Å². The summed E-state index contributed by atoms with van der Waals surface area (Å²) in [5.41, 5.74) is 0.167. The molecule has 0 aromatic carbocycles. The molecule has 1 spiro atoms. The van der Waals surface area contributed by atoms with Crippen LogP contribution in [0.4, 0.5) is 0 Å². The molecular formula is C8H13N3. The zero-order valence-corrected chi connectivity index (χ0v) is 6.66. The Morgan fingerprint density at radius 3 is 2.55 bits per heavy atom. The minimum absolute atomic E-state index is 0.167. The summed E-state index contributed by atoms with van der Waals surface area (Å²) in [6.07, 6.45) is 9.33. The van der Waals surface area contributed by atoms with Crippen molar-refractivity contribution in [1.82, 2.24) is 0 Å². The molecule has 0 N–H and O–H groups in total. The summed E-state index contributed by atoms with van der Waals surface area (Å²) in [5.74, 6) is 0. The second-order valence-electron chi connectivity index (χ2n) is 3.48. The van der Waals surface area contributed by atoms with Crippen molar-refractivity contribution >= 4 is 6.21 Å². The maximum atomic E-state index is 4.25. The molecule has 0 bridgehead atoms. The lowest BCUT2D eigenvalue weighted by Gasteiger charge is -2.31. The zero-order chi connectivity index (χ0) is 7.57. The molecule has 2 rings (SSSR count). The quantitative estimate of drug-likeness (QED) is 0.510. The predicted molar refractivity (Wildman–Crippen MR) is 43.8 cm³/mol. The van der Waals surface area contributed by atoms with Gasteiger partial charge < -0.3 is 0 Å². The fourth-order valence-electron chi connectivity index (χ4n) is 1.92. The zero-order valence-electron chi connectivity index (χ0n) is 6.66. The van der Waals surface area contributed by atoms with E-state index in [1.54, 1.807) is 0 Å². The van der Waals surface area contributed by atoms with Crippen molar-refractivity contribution in [3.63, 3.8) is 0 Å². The molecule has 0 unspecified atom stereocenters. The summed E-state index contributed by atoms with van der Waals surface area (Å²) >= 11 is 0. The molecule has 1 heterocycles. The number of rotatable bonds is 0. The average Bonchev–Trinajstić information content (AvgIpc) is 2.07. The monoisotopic (exact) mass is 151 g/mol. The van der Waals surface area contributed by atoms with Gasteiger partial charge in [0.1, 0.15) is 0 Å². The van der Waals surface area contributed by atoms with Crippen LogP contribution < -0.4 is 0 Å². The molecule has 1 aliphatic carbocycles. The van der Waals surface area contributed by atoms with Crippen molar-refractivity contribution in [3.8, 4) is 0 Å². The molecule has 0 atom stereocenters. The molecule has 0 saturated heterocycles. The highest BCUT2D eigenvalue weighted by Crippen LogP contribution is 2.35.